The minimum absolute atomic E-state index is 0.0859. The largest absolute Gasteiger partial charge is 0.475 e. The van der Waals surface area contributed by atoms with Crippen LogP contribution in [0.15, 0.2) is 42.5 Å². The number of carbonyl (C=O) groups is 2. The van der Waals surface area contributed by atoms with E-state index in [2.05, 4.69) is 0 Å². The molecule has 0 aliphatic heterocycles. The van der Waals surface area contributed by atoms with E-state index < -0.39 is 17.6 Å². The smallest absolute Gasteiger partial charge is 0.377 e. The fourth-order valence-electron chi connectivity index (χ4n) is 2.14. The maximum Gasteiger partial charge on any atom is 0.377 e. The number of hydrogen-bond acceptors (Lipinski definition) is 2. The van der Waals surface area contributed by atoms with Gasteiger partial charge in [0.25, 0.3) is 5.78 Å². The number of aliphatic carboxylic acids is 1. The van der Waals surface area contributed by atoms with Crippen LogP contribution in [0.25, 0.3) is 11.1 Å². The zero-order valence-corrected chi connectivity index (χ0v) is 10.9. The number of carboxylic acid groups (broad SMARTS) is 1. The zero-order chi connectivity index (χ0) is 14.7. The Morgan fingerprint density at radius 1 is 1.10 bits per heavy atom. The molecular weight excluding hydrogens is 259 g/mol. The SMILES string of the molecule is CCc1c(C(=O)C(=O)O)ccc(-c2ccccc2)c1F. The third-order valence-electron chi connectivity index (χ3n) is 3.12. The fraction of sp³-hybridized carbons (Fsp3) is 0.125. The van der Waals surface area contributed by atoms with Crippen molar-refractivity contribution in [2.24, 2.45) is 0 Å². The maximum absolute atomic E-state index is 14.5. The van der Waals surface area contributed by atoms with E-state index >= 15 is 0 Å². The Balaban J connectivity index is 2.61. The first kappa shape index (κ1) is 13.9. The monoisotopic (exact) mass is 272 g/mol. The third kappa shape index (κ3) is 2.45. The fourth-order valence-corrected chi connectivity index (χ4v) is 2.14. The van der Waals surface area contributed by atoms with E-state index in [9.17, 15) is 14.0 Å². The molecule has 2 aromatic rings. The summed E-state index contributed by atoms with van der Waals surface area (Å²) in [5.74, 6) is -3.20. The molecule has 0 atom stereocenters. The molecule has 0 heterocycles. The Bertz CT molecular complexity index is 663. The number of hydrogen-bond donors (Lipinski definition) is 1. The topological polar surface area (TPSA) is 54.4 Å². The minimum Gasteiger partial charge on any atom is -0.475 e. The molecular formula is C16H13FO3. The van der Waals surface area contributed by atoms with Gasteiger partial charge in [-0.3, -0.25) is 4.79 Å². The highest BCUT2D eigenvalue weighted by atomic mass is 19.1. The predicted octanol–water partition coefficient (Wildman–Crippen LogP) is 3.32. The molecule has 2 aromatic carbocycles. The third-order valence-corrected chi connectivity index (χ3v) is 3.12. The summed E-state index contributed by atoms with van der Waals surface area (Å²) >= 11 is 0. The van der Waals surface area contributed by atoms with E-state index in [1.54, 1.807) is 31.2 Å². The number of rotatable bonds is 4. The van der Waals surface area contributed by atoms with Crippen molar-refractivity contribution < 1.29 is 19.1 Å². The second-order valence-electron chi connectivity index (χ2n) is 4.31. The second kappa shape index (κ2) is 5.65. The summed E-state index contributed by atoms with van der Waals surface area (Å²) in [6.45, 7) is 1.69. The second-order valence-corrected chi connectivity index (χ2v) is 4.31. The van der Waals surface area contributed by atoms with Crippen molar-refractivity contribution in [3.63, 3.8) is 0 Å². The van der Waals surface area contributed by atoms with Crippen LogP contribution in [0.2, 0.25) is 0 Å². The van der Waals surface area contributed by atoms with Gasteiger partial charge in [-0.2, -0.15) is 0 Å². The molecule has 3 nitrogen and oxygen atoms in total. The van der Waals surface area contributed by atoms with E-state index in [1.165, 1.54) is 12.1 Å². The van der Waals surface area contributed by atoms with Crippen molar-refractivity contribution in [2.45, 2.75) is 13.3 Å². The molecule has 20 heavy (non-hydrogen) atoms. The van der Waals surface area contributed by atoms with E-state index in [-0.39, 0.29) is 17.5 Å². The summed E-state index contributed by atoms with van der Waals surface area (Å²) in [5.41, 5.74) is 1.11. The van der Waals surface area contributed by atoms with Crippen LogP contribution >= 0.6 is 0 Å². The molecule has 0 bridgehead atoms. The average molecular weight is 272 g/mol. The van der Waals surface area contributed by atoms with Crippen molar-refractivity contribution >= 4 is 11.8 Å². The first-order chi connectivity index (χ1) is 9.56. The Kier molecular flexibility index (Phi) is 3.94. The van der Waals surface area contributed by atoms with Gasteiger partial charge in [-0.25, -0.2) is 9.18 Å². The number of Topliss-reactive ketones (excluding diaryl/α,β-unsaturated/α-hetero) is 1. The molecule has 0 unspecified atom stereocenters. The standard InChI is InChI=1S/C16H13FO3/c1-2-11-13(15(18)16(19)20)9-8-12(14(11)17)10-6-4-3-5-7-10/h3-9H,2H2,1H3,(H,19,20). The predicted molar refractivity (Wildman–Crippen MR) is 73.2 cm³/mol. The highest BCUT2D eigenvalue weighted by Gasteiger charge is 2.22. The van der Waals surface area contributed by atoms with Crippen LogP contribution in [0.4, 0.5) is 4.39 Å². The Hall–Kier alpha value is -2.49. The van der Waals surface area contributed by atoms with Crippen molar-refractivity contribution in [1.29, 1.82) is 0 Å². The highest BCUT2D eigenvalue weighted by Crippen LogP contribution is 2.27. The first-order valence-corrected chi connectivity index (χ1v) is 6.20. The lowest BCUT2D eigenvalue weighted by Crippen LogP contribution is -2.16. The highest BCUT2D eigenvalue weighted by molar-refractivity contribution is 6.40. The molecule has 0 aromatic heterocycles. The summed E-state index contributed by atoms with van der Waals surface area (Å²) in [6, 6.07) is 11.7. The van der Waals surface area contributed by atoms with Crippen LogP contribution < -0.4 is 0 Å². The minimum atomic E-state index is -1.58. The molecule has 4 heteroatoms. The number of carboxylic acids is 1. The van der Waals surface area contributed by atoms with Gasteiger partial charge in [0.15, 0.2) is 0 Å². The van der Waals surface area contributed by atoms with Gasteiger partial charge in [-0.05, 0) is 23.6 Å². The van der Waals surface area contributed by atoms with E-state index in [0.29, 0.717) is 11.1 Å². The zero-order valence-electron chi connectivity index (χ0n) is 10.9. The van der Waals surface area contributed by atoms with Crippen molar-refractivity contribution in [3.05, 3.63) is 59.4 Å². The number of carbonyl (C=O) groups excluding carboxylic acids is 1. The lowest BCUT2D eigenvalue weighted by molar-refractivity contribution is -0.131. The summed E-state index contributed by atoms with van der Waals surface area (Å²) in [6.07, 6.45) is 0.251. The van der Waals surface area contributed by atoms with Gasteiger partial charge in [0.05, 0.1) is 0 Å². The van der Waals surface area contributed by atoms with Gasteiger partial charge >= 0.3 is 5.97 Å². The number of benzene rings is 2. The Morgan fingerprint density at radius 2 is 1.75 bits per heavy atom. The van der Waals surface area contributed by atoms with Gasteiger partial charge < -0.3 is 5.11 Å². The molecule has 0 aliphatic carbocycles. The summed E-state index contributed by atoms with van der Waals surface area (Å²) in [7, 11) is 0. The maximum atomic E-state index is 14.5. The van der Waals surface area contributed by atoms with Crippen LogP contribution in [-0.4, -0.2) is 16.9 Å². The van der Waals surface area contributed by atoms with Crippen LogP contribution in [0, 0.1) is 5.82 Å². The average Bonchev–Trinajstić information content (AvgIpc) is 2.46. The molecule has 102 valence electrons. The van der Waals surface area contributed by atoms with Crippen LogP contribution in [-0.2, 0) is 11.2 Å². The molecule has 0 radical (unpaired) electrons. The van der Waals surface area contributed by atoms with Crippen LogP contribution in [0.1, 0.15) is 22.8 Å². The lowest BCUT2D eigenvalue weighted by atomic mass is 9.94. The molecule has 0 amide bonds. The molecule has 1 N–H and O–H groups in total. The van der Waals surface area contributed by atoms with Crippen molar-refractivity contribution in [2.75, 3.05) is 0 Å². The summed E-state index contributed by atoms with van der Waals surface area (Å²) < 4.78 is 14.5. The van der Waals surface area contributed by atoms with Crippen LogP contribution in [0.5, 0.6) is 0 Å². The number of halogens is 1. The van der Waals surface area contributed by atoms with Gasteiger partial charge in [0.1, 0.15) is 5.82 Å². The van der Waals surface area contributed by atoms with Crippen LogP contribution in [0.3, 0.4) is 0 Å². The molecule has 0 fully saturated rings. The number of ketones is 1. The van der Waals surface area contributed by atoms with Gasteiger partial charge in [-0.15, -0.1) is 0 Å². The molecule has 0 saturated carbocycles. The molecule has 0 aliphatic rings. The quantitative estimate of drug-likeness (QED) is 0.686. The van der Waals surface area contributed by atoms with Gasteiger partial charge in [0, 0.05) is 11.1 Å². The van der Waals surface area contributed by atoms with E-state index in [4.69, 9.17) is 5.11 Å². The first-order valence-electron chi connectivity index (χ1n) is 6.20. The Morgan fingerprint density at radius 3 is 2.30 bits per heavy atom. The molecule has 0 spiro atoms. The molecule has 2 rings (SSSR count). The van der Waals surface area contributed by atoms with Gasteiger partial charge in [-0.1, -0.05) is 43.3 Å². The lowest BCUT2D eigenvalue weighted by Gasteiger charge is -2.11. The normalized spacial score (nSPS) is 10.3. The Labute approximate surface area is 115 Å². The molecule has 0 saturated heterocycles. The summed E-state index contributed by atoms with van der Waals surface area (Å²) in [5, 5.41) is 8.76. The van der Waals surface area contributed by atoms with Crippen molar-refractivity contribution in [3.8, 4) is 11.1 Å². The van der Waals surface area contributed by atoms with Crippen molar-refractivity contribution in [1.82, 2.24) is 0 Å². The summed E-state index contributed by atoms with van der Waals surface area (Å²) in [4.78, 5) is 22.3. The van der Waals surface area contributed by atoms with E-state index in [0.717, 1.165) is 0 Å². The van der Waals surface area contributed by atoms with Gasteiger partial charge in [0.2, 0.25) is 0 Å². The van der Waals surface area contributed by atoms with E-state index in [1.807, 2.05) is 6.07 Å².